The van der Waals surface area contributed by atoms with E-state index in [9.17, 15) is 9.59 Å². The lowest BCUT2D eigenvalue weighted by molar-refractivity contribution is -0.139. The lowest BCUT2D eigenvalue weighted by atomic mass is 10.1. The third-order valence-electron chi connectivity index (χ3n) is 3.10. The fourth-order valence-corrected chi connectivity index (χ4v) is 1.86. The van der Waals surface area contributed by atoms with Crippen LogP contribution in [0.15, 0.2) is 30.3 Å². The van der Waals surface area contributed by atoms with Gasteiger partial charge >= 0.3 is 12.0 Å². The second kappa shape index (κ2) is 8.19. The summed E-state index contributed by atoms with van der Waals surface area (Å²) in [6.45, 7) is 3.63. The van der Waals surface area contributed by atoms with Crippen molar-refractivity contribution in [3.05, 3.63) is 35.9 Å². The molecule has 0 saturated heterocycles. The molecule has 3 N–H and O–H groups in total. The normalized spacial score (nSPS) is 13.3. The van der Waals surface area contributed by atoms with Gasteiger partial charge in [0.25, 0.3) is 0 Å². The number of hydrogen-bond donors (Lipinski definition) is 3. The van der Waals surface area contributed by atoms with Gasteiger partial charge in [0, 0.05) is 6.04 Å². The van der Waals surface area contributed by atoms with Crippen molar-refractivity contribution < 1.29 is 14.7 Å². The number of amides is 2. The van der Waals surface area contributed by atoms with Crippen LogP contribution >= 0.6 is 0 Å². The summed E-state index contributed by atoms with van der Waals surface area (Å²) in [6, 6.07) is 8.75. The SMILES string of the molecule is CC[C@@H](NC(=O)NC(C)CCc1ccccc1)C(=O)O. The van der Waals surface area contributed by atoms with Crippen LogP contribution in [0.3, 0.4) is 0 Å². The molecule has 0 aliphatic rings. The van der Waals surface area contributed by atoms with Gasteiger partial charge in [-0.25, -0.2) is 9.59 Å². The van der Waals surface area contributed by atoms with Gasteiger partial charge in [-0.05, 0) is 31.7 Å². The van der Waals surface area contributed by atoms with E-state index < -0.39 is 18.0 Å². The zero-order valence-corrected chi connectivity index (χ0v) is 11.9. The summed E-state index contributed by atoms with van der Waals surface area (Å²) in [5.41, 5.74) is 1.22. The monoisotopic (exact) mass is 278 g/mol. The van der Waals surface area contributed by atoms with Gasteiger partial charge in [0.2, 0.25) is 0 Å². The lowest BCUT2D eigenvalue weighted by Crippen LogP contribution is -2.48. The largest absolute Gasteiger partial charge is 0.480 e. The van der Waals surface area contributed by atoms with Crippen LogP contribution in [-0.4, -0.2) is 29.2 Å². The Morgan fingerprint density at radius 1 is 1.20 bits per heavy atom. The highest BCUT2D eigenvalue weighted by atomic mass is 16.4. The second-order valence-electron chi connectivity index (χ2n) is 4.84. The van der Waals surface area contributed by atoms with Crippen molar-refractivity contribution in [3.63, 3.8) is 0 Å². The molecule has 0 fully saturated rings. The van der Waals surface area contributed by atoms with E-state index in [1.807, 2.05) is 37.3 Å². The van der Waals surface area contributed by atoms with Crippen molar-refractivity contribution >= 4 is 12.0 Å². The number of urea groups is 1. The third-order valence-corrected chi connectivity index (χ3v) is 3.10. The molecule has 1 aromatic carbocycles. The third kappa shape index (κ3) is 5.73. The van der Waals surface area contributed by atoms with E-state index in [4.69, 9.17) is 5.11 Å². The van der Waals surface area contributed by atoms with Crippen LogP contribution in [0, 0.1) is 0 Å². The minimum atomic E-state index is -1.01. The molecule has 5 nitrogen and oxygen atoms in total. The van der Waals surface area contributed by atoms with Crippen molar-refractivity contribution in [1.29, 1.82) is 0 Å². The molecule has 5 heteroatoms. The van der Waals surface area contributed by atoms with E-state index in [1.54, 1.807) is 6.92 Å². The molecule has 1 unspecified atom stereocenters. The number of hydrogen-bond acceptors (Lipinski definition) is 2. The van der Waals surface area contributed by atoms with Gasteiger partial charge in [-0.1, -0.05) is 37.3 Å². The van der Waals surface area contributed by atoms with Crippen LogP contribution in [0.2, 0.25) is 0 Å². The summed E-state index contributed by atoms with van der Waals surface area (Å²) in [5, 5.41) is 14.1. The minimum absolute atomic E-state index is 0.0125. The van der Waals surface area contributed by atoms with E-state index in [1.165, 1.54) is 5.56 Å². The standard InChI is InChI=1S/C15H22N2O3/c1-3-13(14(18)19)17-15(20)16-11(2)9-10-12-7-5-4-6-8-12/h4-8,11,13H,3,9-10H2,1-2H3,(H,18,19)(H2,16,17,20)/t11?,13-/m1/s1. The summed E-state index contributed by atoms with van der Waals surface area (Å²) in [7, 11) is 0. The molecule has 0 heterocycles. The van der Waals surface area contributed by atoms with Crippen molar-refractivity contribution in [2.75, 3.05) is 0 Å². The number of nitrogens with one attached hydrogen (secondary N) is 2. The molecule has 0 spiro atoms. The molecular weight excluding hydrogens is 256 g/mol. The Morgan fingerprint density at radius 2 is 1.85 bits per heavy atom. The zero-order chi connectivity index (χ0) is 15.0. The highest BCUT2D eigenvalue weighted by molar-refractivity contribution is 5.82. The predicted molar refractivity (Wildman–Crippen MR) is 77.6 cm³/mol. The molecule has 0 bridgehead atoms. The topological polar surface area (TPSA) is 78.4 Å². The molecule has 2 amide bonds. The average molecular weight is 278 g/mol. The van der Waals surface area contributed by atoms with E-state index in [-0.39, 0.29) is 6.04 Å². The summed E-state index contributed by atoms with van der Waals surface area (Å²) < 4.78 is 0. The van der Waals surface area contributed by atoms with E-state index in [2.05, 4.69) is 10.6 Å². The number of carboxylic acid groups (broad SMARTS) is 1. The number of carboxylic acids is 1. The van der Waals surface area contributed by atoms with Gasteiger partial charge in [-0.3, -0.25) is 0 Å². The molecule has 0 radical (unpaired) electrons. The van der Waals surface area contributed by atoms with E-state index in [0.717, 1.165) is 12.8 Å². The maximum atomic E-state index is 11.7. The Labute approximate surface area is 119 Å². The molecule has 0 aliphatic heterocycles. The van der Waals surface area contributed by atoms with Crippen molar-refractivity contribution in [2.45, 2.75) is 45.2 Å². The number of aryl methyl sites for hydroxylation is 1. The molecule has 0 saturated carbocycles. The fraction of sp³-hybridized carbons (Fsp3) is 0.467. The van der Waals surface area contributed by atoms with Crippen LogP contribution in [0.5, 0.6) is 0 Å². The molecule has 1 aromatic rings. The quantitative estimate of drug-likeness (QED) is 0.715. The first-order valence-electron chi connectivity index (χ1n) is 6.86. The van der Waals surface area contributed by atoms with Gasteiger partial charge in [0.1, 0.15) is 6.04 Å². The van der Waals surface area contributed by atoms with Gasteiger partial charge in [0.15, 0.2) is 0 Å². The number of benzene rings is 1. The maximum Gasteiger partial charge on any atom is 0.326 e. The van der Waals surface area contributed by atoms with Crippen molar-refractivity contribution in [2.24, 2.45) is 0 Å². The highest BCUT2D eigenvalue weighted by Gasteiger charge is 2.18. The summed E-state index contributed by atoms with van der Waals surface area (Å²) in [6.07, 6.45) is 2.04. The van der Waals surface area contributed by atoms with Crippen LogP contribution in [-0.2, 0) is 11.2 Å². The van der Waals surface area contributed by atoms with E-state index in [0.29, 0.717) is 6.42 Å². The number of carbonyl (C=O) groups excluding carboxylic acids is 1. The van der Waals surface area contributed by atoms with Crippen LogP contribution < -0.4 is 10.6 Å². The minimum Gasteiger partial charge on any atom is -0.480 e. The van der Waals surface area contributed by atoms with Gasteiger partial charge in [0.05, 0.1) is 0 Å². The van der Waals surface area contributed by atoms with E-state index >= 15 is 0 Å². The van der Waals surface area contributed by atoms with Gasteiger partial charge in [-0.15, -0.1) is 0 Å². The fourth-order valence-electron chi connectivity index (χ4n) is 1.86. The Hall–Kier alpha value is -2.04. The van der Waals surface area contributed by atoms with Crippen LogP contribution in [0.4, 0.5) is 4.79 Å². The highest BCUT2D eigenvalue weighted by Crippen LogP contribution is 2.04. The maximum absolute atomic E-state index is 11.7. The first kappa shape index (κ1) is 16.0. The number of rotatable bonds is 7. The summed E-state index contributed by atoms with van der Waals surface area (Å²) in [5.74, 6) is -1.01. The smallest absolute Gasteiger partial charge is 0.326 e. The zero-order valence-electron chi connectivity index (χ0n) is 11.9. The van der Waals surface area contributed by atoms with Crippen LogP contribution in [0.1, 0.15) is 32.3 Å². The Kier molecular flexibility index (Phi) is 6.56. The molecule has 0 aromatic heterocycles. The van der Waals surface area contributed by atoms with Gasteiger partial charge in [-0.2, -0.15) is 0 Å². The predicted octanol–water partition coefficient (Wildman–Crippen LogP) is 2.17. The van der Waals surface area contributed by atoms with Crippen LogP contribution in [0.25, 0.3) is 0 Å². The van der Waals surface area contributed by atoms with Crippen molar-refractivity contribution in [3.8, 4) is 0 Å². The number of carbonyl (C=O) groups is 2. The molecule has 1 rings (SSSR count). The first-order valence-corrected chi connectivity index (χ1v) is 6.86. The Bertz CT molecular complexity index is 434. The molecule has 110 valence electrons. The molecule has 0 aliphatic carbocycles. The average Bonchev–Trinajstić information content (AvgIpc) is 2.43. The van der Waals surface area contributed by atoms with Gasteiger partial charge < -0.3 is 15.7 Å². The Morgan fingerprint density at radius 3 is 2.40 bits per heavy atom. The summed E-state index contributed by atoms with van der Waals surface area (Å²) >= 11 is 0. The summed E-state index contributed by atoms with van der Waals surface area (Å²) in [4.78, 5) is 22.5. The molecule has 20 heavy (non-hydrogen) atoms. The van der Waals surface area contributed by atoms with Crippen molar-refractivity contribution in [1.82, 2.24) is 10.6 Å². The Balaban J connectivity index is 2.32. The molecule has 2 atom stereocenters. The second-order valence-corrected chi connectivity index (χ2v) is 4.84. The lowest BCUT2D eigenvalue weighted by Gasteiger charge is -2.17. The first-order chi connectivity index (χ1) is 9.52. The molecular formula is C15H22N2O3. The number of aliphatic carboxylic acids is 1.